The van der Waals surface area contributed by atoms with Crippen molar-refractivity contribution in [3.05, 3.63) is 59.4 Å². The van der Waals surface area contributed by atoms with Gasteiger partial charge < -0.3 is 10.1 Å². The Bertz CT molecular complexity index is 867. The average molecular weight is 275 g/mol. The Balaban J connectivity index is 2.05. The molecule has 0 saturated carbocycles. The van der Waals surface area contributed by atoms with E-state index in [-0.39, 0.29) is 5.75 Å². The second kappa shape index (κ2) is 5.14. The SMILES string of the molecule is Cc1ccc2nc(/C(C#N)=C/c3ccc(O)cc3)[nH]c2c1. The van der Waals surface area contributed by atoms with Crippen molar-refractivity contribution >= 4 is 22.7 Å². The van der Waals surface area contributed by atoms with Gasteiger partial charge in [-0.2, -0.15) is 5.26 Å². The third kappa shape index (κ3) is 2.63. The summed E-state index contributed by atoms with van der Waals surface area (Å²) < 4.78 is 0. The molecule has 4 nitrogen and oxygen atoms in total. The summed E-state index contributed by atoms with van der Waals surface area (Å²) in [5.74, 6) is 0.746. The van der Waals surface area contributed by atoms with Crippen LogP contribution in [0.5, 0.6) is 5.75 Å². The molecule has 2 aromatic carbocycles. The first kappa shape index (κ1) is 12.9. The summed E-state index contributed by atoms with van der Waals surface area (Å²) >= 11 is 0. The second-order valence-corrected chi connectivity index (χ2v) is 4.87. The molecule has 0 aliphatic carbocycles. The zero-order valence-electron chi connectivity index (χ0n) is 11.5. The molecule has 21 heavy (non-hydrogen) atoms. The zero-order chi connectivity index (χ0) is 14.8. The number of allylic oxidation sites excluding steroid dienone is 1. The maximum Gasteiger partial charge on any atom is 0.149 e. The molecule has 1 heterocycles. The number of imidazole rings is 1. The van der Waals surface area contributed by atoms with E-state index in [4.69, 9.17) is 0 Å². The van der Waals surface area contributed by atoms with Crippen molar-refractivity contribution in [2.75, 3.05) is 0 Å². The van der Waals surface area contributed by atoms with E-state index in [0.29, 0.717) is 11.4 Å². The molecule has 0 bridgehead atoms. The van der Waals surface area contributed by atoms with Gasteiger partial charge in [0.15, 0.2) is 0 Å². The van der Waals surface area contributed by atoms with Crippen LogP contribution in [-0.2, 0) is 0 Å². The van der Waals surface area contributed by atoms with Crippen molar-refractivity contribution in [2.45, 2.75) is 6.92 Å². The third-order valence-electron chi connectivity index (χ3n) is 3.22. The number of phenols is 1. The Hall–Kier alpha value is -3.06. The van der Waals surface area contributed by atoms with Crippen molar-refractivity contribution in [3.8, 4) is 11.8 Å². The van der Waals surface area contributed by atoms with Crippen LogP contribution in [0.25, 0.3) is 22.7 Å². The Morgan fingerprint density at radius 1 is 1.24 bits per heavy atom. The molecule has 0 unspecified atom stereocenters. The van der Waals surface area contributed by atoms with Crippen LogP contribution in [0.2, 0.25) is 0 Å². The highest BCUT2D eigenvalue weighted by atomic mass is 16.3. The molecular formula is C17H13N3O. The molecular weight excluding hydrogens is 262 g/mol. The number of aromatic nitrogens is 2. The lowest BCUT2D eigenvalue weighted by atomic mass is 10.1. The van der Waals surface area contributed by atoms with Gasteiger partial charge in [0.2, 0.25) is 0 Å². The monoisotopic (exact) mass is 275 g/mol. The van der Waals surface area contributed by atoms with Crippen molar-refractivity contribution < 1.29 is 5.11 Å². The molecule has 0 atom stereocenters. The second-order valence-electron chi connectivity index (χ2n) is 4.87. The highest BCUT2D eigenvalue weighted by molar-refractivity contribution is 5.90. The van der Waals surface area contributed by atoms with Crippen LogP contribution in [-0.4, -0.2) is 15.1 Å². The topological polar surface area (TPSA) is 72.7 Å². The van der Waals surface area contributed by atoms with Crippen LogP contribution in [0, 0.1) is 18.3 Å². The zero-order valence-corrected chi connectivity index (χ0v) is 11.5. The first-order valence-corrected chi connectivity index (χ1v) is 6.53. The van der Waals surface area contributed by atoms with Gasteiger partial charge in [-0.25, -0.2) is 4.98 Å². The molecule has 4 heteroatoms. The molecule has 0 amide bonds. The van der Waals surface area contributed by atoms with Crippen LogP contribution in [0.15, 0.2) is 42.5 Å². The minimum absolute atomic E-state index is 0.199. The van der Waals surface area contributed by atoms with Crippen LogP contribution in [0.1, 0.15) is 17.0 Å². The maximum atomic E-state index is 9.35. The van der Waals surface area contributed by atoms with Gasteiger partial charge >= 0.3 is 0 Å². The number of nitrogens with one attached hydrogen (secondary N) is 1. The molecule has 0 saturated heterocycles. The normalized spacial score (nSPS) is 11.5. The van der Waals surface area contributed by atoms with Crippen molar-refractivity contribution in [3.63, 3.8) is 0 Å². The summed E-state index contributed by atoms with van der Waals surface area (Å²) in [6, 6.07) is 14.8. The van der Waals surface area contributed by atoms with Gasteiger partial charge in [-0.15, -0.1) is 0 Å². The number of benzene rings is 2. The summed E-state index contributed by atoms with van der Waals surface area (Å²) in [5.41, 5.74) is 4.17. The number of aryl methyl sites for hydroxylation is 1. The van der Waals surface area contributed by atoms with E-state index in [0.717, 1.165) is 22.2 Å². The fraction of sp³-hybridized carbons (Fsp3) is 0.0588. The molecule has 0 spiro atoms. The number of fused-ring (bicyclic) bond motifs is 1. The minimum Gasteiger partial charge on any atom is -0.508 e. The van der Waals surface area contributed by atoms with E-state index in [1.807, 2.05) is 25.1 Å². The van der Waals surface area contributed by atoms with E-state index < -0.39 is 0 Å². The number of phenolic OH excluding ortho intramolecular Hbond substituents is 1. The molecule has 0 aliphatic heterocycles. The van der Waals surface area contributed by atoms with Crippen molar-refractivity contribution in [1.29, 1.82) is 5.26 Å². The van der Waals surface area contributed by atoms with E-state index in [2.05, 4.69) is 16.0 Å². The van der Waals surface area contributed by atoms with Gasteiger partial charge in [0.25, 0.3) is 0 Å². The van der Waals surface area contributed by atoms with Crippen LogP contribution >= 0.6 is 0 Å². The highest BCUT2D eigenvalue weighted by Gasteiger charge is 2.08. The summed E-state index contributed by atoms with van der Waals surface area (Å²) in [6.45, 7) is 2.01. The molecule has 3 rings (SSSR count). The fourth-order valence-electron chi connectivity index (χ4n) is 2.14. The number of nitrogens with zero attached hydrogens (tertiary/aromatic N) is 2. The van der Waals surface area contributed by atoms with Crippen LogP contribution in [0.4, 0.5) is 0 Å². The molecule has 102 valence electrons. The Morgan fingerprint density at radius 3 is 2.71 bits per heavy atom. The maximum absolute atomic E-state index is 9.35. The number of rotatable bonds is 2. The number of hydrogen-bond donors (Lipinski definition) is 2. The number of H-pyrrole nitrogens is 1. The molecule has 0 aliphatic rings. The lowest BCUT2D eigenvalue weighted by Gasteiger charge is -1.96. The fourth-order valence-corrected chi connectivity index (χ4v) is 2.14. The third-order valence-corrected chi connectivity index (χ3v) is 3.22. The van der Waals surface area contributed by atoms with Gasteiger partial charge in [0, 0.05) is 0 Å². The van der Waals surface area contributed by atoms with E-state index in [1.165, 1.54) is 0 Å². The summed E-state index contributed by atoms with van der Waals surface area (Å²) in [6.07, 6.45) is 1.74. The molecule has 0 fully saturated rings. The van der Waals surface area contributed by atoms with E-state index >= 15 is 0 Å². The number of nitriles is 1. The average Bonchev–Trinajstić information content (AvgIpc) is 2.89. The highest BCUT2D eigenvalue weighted by Crippen LogP contribution is 2.20. The van der Waals surface area contributed by atoms with Gasteiger partial charge in [-0.05, 0) is 48.4 Å². The number of hydrogen-bond acceptors (Lipinski definition) is 3. The predicted octanol–water partition coefficient (Wildman–Crippen LogP) is 3.64. The Labute approximate surface area is 122 Å². The lowest BCUT2D eigenvalue weighted by Crippen LogP contribution is -1.84. The lowest BCUT2D eigenvalue weighted by molar-refractivity contribution is 0.475. The quantitative estimate of drug-likeness (QED) is 0.701. The largest absolute Gasteiger partial charge is 0.508 e. The summed E-state index contributed by atoms with van der Waals surface area (Å²) in [4.78, 5) is 7.61. The summed E-state index contributed by atoms with van der Waals surface area (Å²) in [5, 5.41) is 18.6. The van der Waals surface area contributed by atoms with E-state index in [9.17, 15) is 10.4 Å². The van der Waals surface area contributed by atoms with Gasteiger partial charge in [0.05, 0.1) is 16.6 Å². The minimum atomic E-state index is 0.199. The smallest absolute Gasteiger partial charge is 0.149 e. The molecule has 3 aromatic rings. The van der Waals surface area contributed by atoms with Gasteiger partial charge in [-0.3, -0.25) is 0 Å². The first-order valence-electron chi connectivity index (χ1n) is 6.53. The number of aromatic hydroxyl groups is 1. The van der Waals surface area contributed by atoms with Gasteiger partial charge in [0.1, 0.15) is 17.6 Å². The molecule has 0 radical (unpaired) electrons. The first-order chi connectivity index (χ1) is 10.2. The van der Waals surface area contributed by atoms with Crippen LogP contribution in [0.3, 0.4) is 0 Å². The molecule has 1 aromatic heterocycles. The standard InChI is InChI=1S/C17H13N3O/c1-11-2-7-15-16(8-11)20-17(19-15)13(10-18)9-12-3-5-14(21)6-4-12/h2-9,21H,1H3,(H,19,20)/b13-9+. The Kier molecular flexibility index (Phi) is 3.17. The predicted molar refractivity (Wildman–Crippen MR) is 82.4 cm³/mol. The van der Waals surface area contributed by atoms with Crippen LogP contribution < -0.4 is 0 Å². The van der Waals surface area contributed by atoms with Gasteiger partial charge in [-0.1, -0.05) is 18.2 Å². The Morgan fingerprint density at radius 2 is 2.00 bits per heavy atom. The molecule has 2 N–H and O–H groups in total. The number of aromatic amines is 1. The van der Waals surface area contributed by atoms with Crippen molar-refractivity contribution in [1.82, 2.24) is 9.97 Å². The van der Waals surface area contributed by atoms with E-state index in [1.54, 1.807) is 30.3 Å². The summed E-state index contributed by atoms with van der Waals surface area (Å²) in [7, 11) is 0. The van der Waals surface area contributed by atoms with Crippen molar-refractivity contribution in [2.24, 2.45) is 0 Å².